The van der Waals surface area contributed by atoms with Gasteiger partial charge < -0.3 is 15.7 Å². The third-order valence-corrected chi connectivity index (χ3v) is 3.23. The van der Waals surface area contributed by atoms with Crippen molar-refractivity contribution < 1.29 is 14.3 Å². The topological polar surface area (TPSA) is 67.8 Å². The van der Waals surface area contributed by atoms with E-state index >= 15 is 0 Å². The third-order valence-electron chi connectivity index (χ3n) is 2.99. The highest BCUT2D eigenvalue weighted by Crippen LogP contribution is 2.24. The van der Waals surface area contributed by atoms with Gasteiger partial charge in [-0.2, -0.15) is 0 Å². The molecule has 0 saturated carbocycles. The van der Waals surface area contributed by atoms with Crippen molar-refractivity contribution in [2.75, 3.05) is 0 Å². The average molecular weight is 309 g/mol. The van der Waals surface area contributed by atoms with Gasteiger partial charge in [-0.3, -0.25) is 0 Å². The number of amidine groups is 1. The van der Waals surface area contributed by atoms with Gasteiger partial charge in [-0.15, -0.1) is 0 Å². The average Bonchev–Trinajstić information content (AvgIpc) is 2.48. The van der Waals surface area contributed by atoms with Crippen LogP contribution in [0.2, 0.25) is 5.02 Å². The molecule has 0 atom stereocenters. The first-order valence-corrected chi connectivity index (χ1v) is 6.54. The Bertz CT molecular complexity index is 689. The van der Waals surface area contributed by atoms with Crippen LogP contribution in [0.25, 0.3) is 0 Å². The zero-order valence-electron chi connectivity index (χ0n) is 11.3. The standard InChI is InChI=1S/C15H14ClFN2O2/c1-9-2-5-12(16)7-14(9)21-8-11-4-3-10(6-13(11)17)15(18)19-20/h2-7,20H,8H2,1H3,(H2,18,19). The quantitative estimate of drug-likeness (QED) is 0.393. The highest BCUT2D eigenvalue weighted by atomic mass is 35.5. The second-order valence-corrected chi connectivity index (χ2v) is 4.93. The van der Waals surface area contributed by atoms with E-state index in [9.17, 15) is 4.39 Å². The van der Waals surface area contributed by atoms with Crippen molar-refractivity contribution in [1.82, 2.24) is 0 Å². The van der Waals surface area contributed by atoms with Gasteiger partial charge in [0.05, 0.1) is 0 Å². The van der Waals surface area contributed by atoms with Crippen LogP contribution in [0.1, 0.15) is 16.7 Å². The monoisotopic (exact) mass is 308 g/mol. The van der Waals surface area contributed by atoms with Crippen molar-refractivity contribution in [2.24, 2.45) is 10.9 Å². The number of ether oxygens (including phenoxy) is 1. The fourth-order valence-electron chi connectivity index (χ4n) is 1.77. The molecule has 4 nitrogen and oxygen atoms in total. The number of hydrogen-bond donors (Lipinski definition) is 2. The Kier molecular flexibility index (Phi) is 4.65. The second-order valence-electron chi connectivity index (χ2n) is 4.49. The number of nitrogens with zero attached hydrogens (tertiary/aromatic N) is 1. The normalized spacial score (nSPS) is 11.5. The molecule has 0 aliphatic heterocycles. The molecule has 0 heterocycles. The molecule has 0 spiro atoms. The highest BCUT2D eigenvalue weighted by molar-refractivity contribution is 6.30. The summed E-state index contributed by atoms with van der Waals surface area (Å²) in [5.41, 5.74) is 6.98. The van der Waals surface area contributed by atoms with E-state index in [1.54, 1.807) is 18.2 Å². The van der Waals surface area contributed by atoms with Gasteiger partial charge in [0.15, 0.2) is 5.84 Å². The minimum absolute atomic E-state index is 0.0590. The number of halogens is 2. The van der Waals surface area contributed by atoms with Crippen molar-refractivity contribution in [3.8, 4) is 5.75 Å². The lowest BCUT2D eigenvalue weighted by atomic mass is 10.1. The van der Waals surface area contributed by atoms with Crippen LogP contribution in [0, 0.1) is 12.7 Å². The number of hydrogen-bond acceptors (Lipinski definition) is 3. The molecule has 21 heavy (non-hydrogen) atoms. The van der Waals surface area contributed by atoms with Crippen LogP contribution in [0.15, 0.2) is 41.6 Å². The molecule has 0 unspecified atom stereocenters. The first kappa shape index (κ1) is 15.1. The van der Waals surface area contributed by atoms with Crippen LogP contribution < -0.4 is 10.5 Å². The molecule has 0 bridgehead atoms. The van der Waals surface area contributed by atoms with Gasteiger partial charge in [0.25, 0.3) is 0 Å². The van der Waals surface area contributed by atoms with Crippen molar-refractivity contribution in [3.05, 3.63) is 63.9 Å². The summed E-state index contributed by atoms with van der Waals surface area (Å²) in [6.45, 7) is 1.94. The minimum Gasteiger partial charge on any atom is -0.488 e. The van der Waals surface area contributed by atoms with Crippen molar-refractivity contribution in [1.29, 1.82) is 0 Å². The lowest BCUT2D eigenvalue weighted by molar-refractivity contribution is 0.298. The fraction of sp³-hybridized carbons (Fsp3) is 0.133. The van der Waals surface area contributed by atoms with Crippen LogP contribution >= 0.6 is 11.6 Å². The molecule has 2 aromatic rings. The smallest absolute Gasteiger partial charge is 0.170 e. The summed E-state index contributed by atoms with van der Waals surface area (Å²) in [6.07, 6.45) is 0. The zero-order valence-corrected chi connectivity index (χ0v) is 12.1. The minimum atomic E-state index is -0.487. The lowest BCUT2D eigenvalue weighted by Crippen LogP contribution is -2.13. The molecule has 3 N–H and O–H groups in total. The van der Waals surface area contributed by atoms with Crippen molar-refractivity contribution in [3.63, 3.8) is 0 Å². The van der Waals surface area contributed by atoms with E-state index in [2.05, 4.69) is 5.16 Å². The zero-order chi connectivity index (χ0) is 15.4. The van der Waals surface area contributed by atoms with Crippen LogP contribution in [0.5, 0.6) is 5.75 Å². The SMILES string of the molecule is Cc1ccc(Cl)cc1OCc1ccc(C(N)=NO)cc1F. The van der Waals surface area contributed by atoms with E-state index in [0.29, 0.717) is 21.9 Å². The van der Waals surface area contributed by atoms with Crippen LogP contribution in [-0.4, -0.2) is 11.0 Å². The first-order valence-electron chi connectivity index (χ1n) is 6.16. The maximum Gasteiger partial charge on any atom is 0.170 e. The van der Waals surface area contributed by atoms with E-state index < -0.39 is 5.82 Å². The largest absolute Gasteiger partial charge is 0.488 e. The lowest BCUT2D eigenvalue weighted by Gasteiger charge is -2.10. The number of rotatable bonds is 4. The molecule has 6 heteroatoms. The van der Waals surface area contributed by atoms with E-state index in [1.807, 2.05) is 13.0 Å². The third kappa shape index (κ3) is 3.64. The maximum atomic E-state index is 13.9. The van der Waals surface area contributed by atoms with E-state index in [1.165, 1.54) is 12.1 Å². The molecule has 0 saturated heterocycles. The Morgan fingerprint density at radius 2 is 2.10 bits per heavy atom. The number of oxime groups is 1. The molecule has 0 aliphatic rings. The summed E-state index contributed by atoms with van der Waals surface area (Å²) < 4.78 is 19.5. The Hall–Kier alpha value is -2.27. The Morgan fingerprint density at radius 1 is 1.33 bits per heavy atom. The Labute approximate surface area is 126 Å². The van der Waals surface area contributed by atoms with Gasteiger partial charge >= 0.3 is 0 Å². The summed E-state index contributed by atoms with van der Waals surface area (Å²) in [4.78, 5) is 0. The van der Waals surface area contributed by atoms with Gasteiger partial charge in [-0.05, 0) is 30.7 Å². The van der Waals surface area contributed by atoms with Crippen LogP contribution in [0.3, 0.4) is 0 Å². The molecule has 0 radical (unpaired) electrons. The summed E-state index contributed by atoms with van der Waals surface area (Å²) >= 11 is 5.90. The highest BCUT2D eigenvalue weighted by Gasteiger charge is 2.08. The summed E-state index contributed by atoms with van der Waals surface area (Å²) in [6, 6.07) is 9.55. The second kappa shape index (κ2) is 6.45. The Morgan fingerprint density at radius 3 is 2.76 bits per heavy atom. The Balaban J connectivity index is 2.15. The van der Waals surface area contributed by atoms with E-state index in [-0.39, 0.29) is 12.4 Å². The molecule has 0 amide bonds. The van der Waals surface area contributed by atoms with E-state index in [0.717, 1.165) is 5.56 Å². The first-order chi connectivity index (χ1) is 10.0. The summed E-state index contributed by atoms with van der Waals surface area (Å²) in [5.74, 6) is -0.0340. The van der Waals surface area contributed by atoms with Crippen molar-refractivity contribution in [2.45, 2.75) is 13.5 Å². The number of nitrogens with two attached hydrogens (primary N) is 1. The molecule has 0 aliphatic carbocycles. The molecular formula is C15H14ClFN2O2. The van der Waals surface area contributed by atoms with Gasteiger partial charge in [0.1, 0.15) is 18.2 Å². The van der Waals surface area contributed by atoms with Crippen molar-refractivity contribution >= 4 is 17.4 Å². The van der Waals surface area contributed by atoms with Crippen LogP contribution in [0.4, 0.5) is 4.39 Å². The maximum absolute atomic E-state index is 13.9. The van der Waals surface area contributed by atoms with Gasteiger partial charge in [-0.25, -0.2) is 4.39 Å². The summed E-state index contributed by atoms with van der Waals surface area (Å²) in [7, 11) is 0. The molecule has 2 aromatic carbocycles. The predicted octanol–water partition coefficient (Wildman–Crippen LogP) is 3.46. The molecule has 110 valence electrons. The number of benzene rings is 2. The molecule has 0 aromatic heterocycles. The molecular weight excluding hydrogens is 295 g/mol. The van der Waals surface area contributed by atoms with Gasteiger partial charge in [-0.1, -0.05) is 35.0 Å². The molecule has 0 fully saturated rings. The van der Waals surface area contributed by atoms with Crippen LogP contribution in [-0.2, 0) is 6.61 Å². The molecule has 2 rings (SSSR count). The fourth-order valence-corrected chi connectivity index (χ4v) is 1.93. The number of aryl methyl sites for hydroxylation is 1. The van der Waals surface area contributed by atoms with Gasteiger partial charge in [0.2, 0.25) is 0 Å². The van der Waals surface area contributed by atoms with E-state index in [4.69, 9.17) is 27.3 Å². The predicted molar refractivity (Wildman–Crippen MR) is 79.4 cm³/mol. The van der Waals surface area contributed by atoms with Gasteiger partial charge in [0, 0.05) is 16.1 Å². The summed E-state index contributed by atoms with van der Waals surface area (Å²) in [5, 5.41) is 11.9.